The maximum Gasteiger partial charge on any atom is 0.349 e. The van der Waals surface area contributed by atoms with Gasteiger partial charge >= 0.3 is 5.97 Å². The number of carbonyl (C=O) groups is 2. The van der Waals surface area contributed by atoms with Gasteiger partial charge in [-0.3, -0.25) is 4.79 Å². The summed E-state index contributed by atoms with van der Waals surface area (Å²) in [5, 5.41) is 0. The number of hydrogen-bond donors (Lipinski definition) is 0. The van der Waals surface area contributed by atoms with E-state index in [2.05, 4.69) is 0 Å². The molecule has 0 aliphatic heterocycles. The van der Waals surface area contributed by atoms with E-state index in [-0.39, 0.29) is 12.4 Å². The van der Waals surface area contributed by atoms with Crippen molar-refractivity contribution in [2.24, 2.45) is 0 Å². The fourth-order valence-corrected chi connectivity index (χ4v) is 1.92. The summed E-state index contributed by atoms with van der Waals surface area (Å²) in [4.78, 5) is 23.2. The van der Waals surface area contributed by atoms with Crippen molar-refractivity contribution in [1.29, 1.82) is 0 Å². The molecule has 4 heteroatoms. The van der Waals surface area contributed by atoms with E-state index >= 15 is 0 Å². The van der Waals surface area contributed by atoms with E-state index in [9.17, 15) is 9.59 Å². The van der Waals surface area contributed by atoms with Crippen molar-refractivity contribution in [2.45, 2.75) is 20.3 Å². The van der Waals surface area contributed by atoms with E-state index in [1.54, 1.807) is 36.4 Å². The first kappa shape index (κ1) is 15.8. The average Bonchev–Trinajstić information content (AvgIpc) is 2.52. The Morgan fingerprint density at radius 1 is 1.00 bits per heavy atom. The summed E-state index contributed by atoms with van der Waals surface area (Å²) in [6.07, 6.45) is 0.461. The quantitative estimate of drug-likeness (QED) is 0.465. The number of hydrogen-bond acceptors (Lipinski definition) is 4. The van der Waals surface area contributed by atoms with Crippen molar-refractivity contribution < 1.29 is 19.1 Å². The Morgan fingerprint density at radius 2 is 1.73 bits per heavy atom. The lowest BCUT2D eigenvalue weighted by atomic mass is 10.1. The third-order valence-corrected chi connectivity index (χ3v) is 3.08. The first-order valence-corrected chi connectivity index (χ1v) is 7.12. The maximum absolute atomic E-state index is 11.7. The molecular weight excluding hydrogens is 280 g/mol. The van der Waals surface area contributed by atoms with E-state index in [4.69, 9.17) is 9.47 Å². The van der Waals surface area contributed by atoms with E-state index < -0.39 is 5.97 Å². The zero-order valence-electron chi connectivity index (χ0n) is 12.7. The highest BCUT2D eigenvalue weighted by Gasteiger charge is 2.07. The lowest BCUT2D eigenvalue weighted by molar-refractivity contribution is -0.136. The predicted molar refractivity (Wildman–Crippen MR) is 83.4 cm³/mol. The third kappa shape index (κ3) is 4.45. The number of carbonyl (C=O) groups excluding carboxylic acids is 2. The van der Waals surface area contributed by atoms with Crippen LogP contribution in [-0.4, -0.2) is 18.4 Å². The number of aryl methyl sites for hydroxylation is 1. The number of esters is 1. The molecule has 0 atom stereocenters. The van der Waals surface area contributed by atoms with Crippen LogP contribution in [0.4, 0.5) is 0 Å². The molecule has 22 heavy (non-hydrogen) atoms. The largest absolute Gasteiger partial charge is 0.482 e. The van der Waals surface area contributed by atoms with E-state index in [0.717, 1.165) is 5.56 Å². The monoisotopic (exact) mass is 298 g/mol. The van der Waals surface area contributed by atoms with E-state index in [1.165, 1.54) is 0 Å². The smallest absolute Gasteiger partial charge is 0.349 e. The third-order valence-electron chi connectivity index (χ3n) is 3.08. The van der Waals surface area contributed by atoms with Crippen molar-refractivity contribution >= 4 is 11.8 Å². The van der Waals surface area contributed by atoms with Gasteiger partial charge in [0.1, 0.15) is 11.5 Å². The van der Waals surface area contributed by atoms with Gasteiger partial charge in [-0.05, 0) is 48.9 Å². The molecule has 0 aliphatic rings. The first-order valence-electron chi connectivity index (χ1n) is 7.12. The van der Waals surface area contributed by atoms with Crippen molar-refractivity contribution in [3.05, 3.63) is 59.7 Å². The molecule has 2 rings (SSSR count). The molecule has 0 saturated heterocycles. The first-order chi connectivity index (χ1) is 10.6. The van der Waals surface area contributed by atoms with Crippen LogP contribution in [-0.2, 0) is 4.79 Å². The number of ether oxygens (including phenoxy) is 2. The summed E-state index contributed by atoms with van der Waals surface area (Å²) >= 11 is 0. The number of benzene rings is 2. The Labute approximate surface area is 129 Å². The zero-order chi connectivity index (χ0) is 15.9. The predicted octanol–water partition coefficient (Wildman–Crippen LogP) is 3.57. The molecule has 0 spiro atoms. The van der Waals surface area contributed by atoms with Gasteiger partial charge in [-0.25, -0.2) is 4.79 Å². The van der Waals surface area contributed by atoms with E-state index in [1.807, 2.05) is 26.0 Å². The van der Waals surface area contributed by atoms with Crippen LogP contribution in [0.1, 0.15) is 29.3 Å². The van der Waals surface area contributed by atoms with Crippen LogP contribution in [0.15, 0.2) is 48.5 Å². The molecule has 0 bridgehead atoms. The minimum Gasteiger partial charge on any atom is -0.482 e. The molecule has 2 aromatic rings. The normalized spacial score (nSPS) is 10.1. The van der Waals surface area contributed by atoms with Crippen molar-refractivity contribution in [3.8, 4) is 11.5 Å². The molecule has 0 N–H and O–H groups in total. The van der Waals surface area contributed by atoms with Gasteiger partial charge in [-0.15, -0.1) is 0 Å². The molecule has 0 saturated carbocycles. The van der Waals surface area contributed by atoms with Gasteiger partial charge in [0.2, 0.25) is 0 Å². The SMILES string of the molecule is CCC(=O)c1ccc(OCC(=O)Oc2cccc(C)c2)cc1. The molecule has 0 unspecified atom stereocenters. The Morgan fingerprint density at radius 3 is 2.36 bits per heavy atom. The molecule has 0 amide bonds. The second kappa shape index (κ2) is 7.41. The number of ketones is 1. The average molecular weight is 298 g/mol. The summed E-state index contributed by atoms with van der Waals surface area (Å²) in [6, 6.07) is 14.0. The molecular formula is C18H18O4. The molecule has 0 aliphatic carbocycles. The fraction of sp³-hybridized carbons (Fsp3) is 0.222. The van der Waals surface area contributed by atoms with Gasteiger partial charge in [-0.2, -0.15) is 0 Å². The zero-order valence-corrected chi connectivity index (χ0v) is 12.7. The van der Waals surface area contributed by atoms with Crippen LogP contribution < -0.4 is 9.47 Å². The Bertz CT molecular complexity index is 659. The van der Waals surface area contributed by atoms with Gasteiger partial charge < -0.3 is 9.47 Å². The van der Waals surface area contributed by atoms with Crippen LogP contribution >= 0.6 is 0 Å². The van der Waals surface area contributed by atoms with Crippen LogP contribution in [0.3, 0.4) is 0 Å². The van der Waals surface area contributed by atoms with Crippen molar-refractivity contribution in [3.63, 3.8) is 0 Å². The molecule has 0 aromatic heterocycles. The van der Waals surface area contributed by atoms with Gasteiger partial charge in [0.15, 0.2) is 12.4 Å². The topological polar surface area (TPSA) is 52.6 Å². The minimum atomic E-state index is -0.473. The molecule has 2 aromatic carbocycles. The molecule has 4 nitrogen and oxygen atoms in total. The Balaban J connectivity index is 1.87. The summed E-state index contributed by atoms with van der Waals surface area (Å²) in [6.45, 7) is 3.55. The summed E-state index contributed by atoms with van der Waals surface area (Å²) in [5.41, 5.74) is 1.65. The molecule has 114 valence electrons. The number of Topliss-reactive ketones (excluding diaryl/α,β-unsaturated/α-hetero) is 1. The molecule has 0 heterocycles. The van der Waals surface area contributed by atoms with Crippen molar-refractivity contribution in [1.82, 2.24) is 0 Å². The van der Waals surface area contributed by atoms with Crippen molar-refractivity contribution in [2.75, 3.05) is 6.61 Å². The lowest BCUT2D eigenvalue weighted by Gasteiger charge is -2.07. The second-order valence-electron chi connectivity index (χ2n) is 4.88. The summed E-state index contributed by atoms with van der Waals surface area (Å²) in [7, 11) is 0. The highest BCUT2D eigenvalue weighted by Crippen LogP contribution is 2.15. The van der Waals surface area contributed by atoms with Gasteiger partial charge in [0.05, 0.1) is 0 Å². The Hall–Kier alpha value is -2.62. The Kier molecular flexibility index (Phi) is 5.31. The lowest BCUT2D eigenvalue weighted by Crippen LogP contribution is -2.17. The van der Waals surface area contributed by atoms with Gasteiger partial charge in [-0.1, -0.05) is 19.1 Å². The second-order valence-corrected chi connectivity index (χ2v) is 4.88. The highest BCUT2D eigenvalue weighted by atomic mass is 16.6. The van der Waals surface area contributed by atoms with Crippen LogP contribution in [0, 0.1) is 6.92 Å². The maximum atomic E-state index is 11.7. The van der Waals surface area contributed by atoms with Crippen LogP contribution in [0.25, 0.3) is 0 Å². The minimum absolute atomic E-state index is 0.0745. The van der Waals surface area contributed by atoms with Gasteiger partial charge in [0.25, 0.3) is 0 Å². The molecule has 0 radical (unpaired) electrons. The van der Waals surface area contributed by atoms with Crippen LogP contribution in [0.5, 0.6) is 11.5 Å². The number of rotatable bonds is 6. The summed E-state index contributed by atoms with van der Waals surface area (Å²) < 4.78 is 10.5. The summed E-state index contributed by atoms with van der Waals surface area (Å²) in [5.74, 6) is 0.621. The van der Waals surface area contributed by atoms with Gasteiger partial charge in [0, 0.05) is 12.0 Å². The van der Waals surface area contributed by atoms with Crippen LogP contribution in [0.2, 0.25) is 0 Å². The fourth-order valence-electron chi connectivity index (χ4n) is 1.92. The molecule has 0 fully saturated rings. The van der Waals surface area contributed by atoms with E-state index in [0.29, 0.717) is 23.5 Å². The highest BCUT2D eigenvalue weighted by molar-refractivity contribution is 5.95. The standard InChI is InChI=1S/C18H18O4/c1-3-17(19)14-7-9-15(10-8-14)21-12-18(20)22-16-6-4-5-13(2)11-16/h4-11H,3,12H2,1-2H3.